The van der Waals surface area contributed by atoms with Crippen LogP contribution in [0.3, 0.4) is 0 Å². The molecule has 1 N–H and O–H groups in total. The van der Waals surface area contributed by atoms with Crippen LogP contribution in [0.5, 0.6) is 0 Å². The molecule has 1 atom stereocenters. The zero-order chi connectivity index (χ0) is 18.0. The minimum atomic E-state index is -3.67. The molecule has 6 nitrogen and oxygen atoms in total. The molecule has 8 heteroatoms. The SMILES string of the molecule is Cc1cc(C)n(C(CNS(=O)(=O)c2ccc(Cl)cc2)c2ccco2)n1. The number of halogens is 1. The van der Waals surface area contributed by atoms with Gasteiger partial charge in [-0.2, -0.15) is 5.10 Å². The molecule has 3 rings (SSSR count). The minimum absolute atomic E-state index is 0.112. The lowest BCUT2D eigenvalue weighted by atomic mass is 10.2. The van der Waals surface area contributed by atoms with Gasteiger partial charge in [0.15, 0.2) is 0 Å². The van der Waals surface area contributed by atoms with Crippen LogP contribution in [0.1, 0.15) is 23.2 Å². The van der Waals surface area contributed by atoms with Crippen molar-refractivity contribution in [1.29, 1.82) is 0 Å². The Morgan fingerprint density at radius 3 is 2.52 bits per heavy atom. The Balaban J connectivity index is 1.86. The van der Waals surface area contributed by atoms with Crippen LogP contribution >= 0.6 is 11.6 Å². The number of aromatic nitrogens is 2. The number of furan rings is 1. The van der Waals surface area contributed by atoms with Crippen LogP contribution in [-0.4, -0.2) is 24.7 Å². The summed E-state index contributed by atoms with van der Waals surface area (Å²) in [5.41, 5.74) is 1.78. The highest BCUT2D eigenvalue weighted by atomic mass is 35.5. The van der Waals surface area contributed by atoms with E-state index in [1.807, 2.05) is 19.9 Å². The van der Waals surface area contributed by atoms with Crippen molar-refractivity contribution in [2.45, 2.75) is 24.8 Å². The highest BCUT2D eigenvalue weighted by Gasteiger charge is 2.23. The number of nitrogens with one attached hydrogen (secondary N) is 1. The molecule has 0 saturated heterocycles. The van der Waals surface area contributed by atoms with E-state index < -0.39 is 10.0 Å². The van der Waals surface area contributed by atoms with E-state index in [0.717, 1.165) is 11.4 Å². The first-order valence-corrected chi connectivity index (χ1v) is 9.54. The van der Waals surface area contributed by atoms with Gasteiger partial charge < -0.3 is 4.42 Å². The first kappa shape index (κ1) is 17.7. The lowest BCUT2D eigenvalue weighted by molar-refractivity contribution is 0.397. The van der Waals surface area contributed by atoms with Crippen molar-refractivity contribution >= 4 is 21.6 Å². The van der Waals surface area contributed by atoms with Crippen LogP contribution in [0, 0.1) is 13.8 Å². The Hall–Kier alpha value is -2.09. The molecule has 2 heterocycles. The molecule has 1 aromatic carbocycles. The summed E-state index contributed by atoms with van der Waals surface area (Å²) in [4.78, 5) is 0.156. The van der Waals surface area contributed by atoms with Gasteiger partial charge in [-0.05, 0) is 56.3 Å². The van der Waals surface area contributed by atoms with E-state index in [1.165, 1.54) is 12.1 Å². The van der Waals surface area contributed by atoms with Crippen molar-refractivity contribution in [3.05, 3.63) is 70.9 Å². The monoisotopic (exact) mass is 379 g/mol. The first-order chi connectivity index (χ1) is 11.9. The maximum atomic E-state index is 12.5. The second kappa shape index (κ2) is 7.03. The molecule has 0 amide bonds. The average molecular weight is 380 g/mol. The maximum Gasteiger partial charge on any atom is 0.240 e. The van der Waals surface area contributed by atoms with Crippen LogP contribution < -0.4 is 4.72 Å². The molecule has 3 aromatic rings. The fraction of sp³-hybridized carbons (Fsp3) is 0.235. The van der Waals surface area contributed by atoms with Crippen LogP contribution in [0.15, 0.2) is 58.0 Å². The Kier molecular flexibility index (Phi) is 4.99. The molecule has 132 valence electrons. The smallest absolute Gasteiger partial charge is 0.240 e. The molecule has 0 aliphatic heterocycles. The minimum Gasteiger partial charge on any atom is -0.467 e. The van der Waals surface area contributed by atoms with E-state index in [0.29, 0.717) is 10.8 Å². The Morgan fingerprint density at radius 2 is 1.96 bits per heavy atom. The number of hydrogen-bond acceptors (Lipinski definition) is 4. The van der Waals surface area contributed by atoms with Gasteiger partial charge in [0.2, 0.25) is 10.0 Å². The third-order valence-electron chi connectivity index (χ3n) is 3.80. The number of benzene rings is 1. The van der Waals surface area contributed by atoms with Crippen LogP contribution in [0.25, 0.3) is 0 Å². The van der Waals surface area contributed by atoms with Gasteiger partial charge in [0, 0.05) is 17.3 Å². The number of rotatable bonds is 6. The zero-order valence-electron chi connectivity index (χ0n) is 13.8. The summed E-state index contributed by atoms with van der Waals surface area (Å²) in [6.45, 7) is 3.92. The summed E-state index contributed by atoms with van der Waals surface area (Å²) in [6, 6.07) is 11.1. The fourth-order valence-electron chi connectivity index (χ4n) is 2.64. The summed E-state index contributed by atoms with van der Waals surface area (Å²) in [6.07, 6.45) is 1.56. The van der Waals surface area contributed by atoms with Crippen molar-refractivity contribution in [3.8, 4) is 0 Å². The molecule has 25 heavy (non-hydrogen) atoms. The summed E-state index contributed by atoms with van der Waals surface area (Å²) >= 11 is 5.82. The number of sulfonamides is 1. The van der Waals surface area contributed by atoms with E-state index in [9.17, 15) is 8.42 Å². The molecule has 0 radical (unpaired) electrons. The molecule has 0 spiro atoms. The van der Waals surface area contributed by atoms with Crippen molar-refractivity contribution < 1.29 is 12.8 Å². The van der Waals surface area contributed by atoms with Crippen molar-refractivity contribution in [3.63, 3.8) is 0 Å². The fourth-order valence-corrected chi connectivity index (χ4v) is 3.80. The van der Waals surface area contributed by atoms with Crippen molar-refractivity contribution in [1.82, 2.24) is 14.5 Å². The third kappa shape index (κ3) is 3.95. The quantitative estimate of drug-likeness (QED) is 0.712. The van der Waals surface area contributed by atoms with Crippen molar-refractivity contribution in [2.24, 2.45) is 0 Å². The average Bonchev–Trinajstić information content (AvgIpc) is 3.18. The van der Waals surface area contributed by atoms with Gasteiger partial charge in [-0.1, -0.05) is 11.6 Å². The largest absolute Gasteiger partial charge is 0.467 e. The van der Waals surface area contributed by atoms with E-state index >= 15 is 0 Å². The Labute approximate surface area is 151 Å². The lowest BCUT2D eigenvalue weighted by Gasteiger charge is -2.18. The number of nitrogens with zero attached hydrogens (tertiary/aromatic N) is 2. The molecule has 0 saturated carbocycles. The van der Waals surface area contributed by atoms with Crippen LogP contribution in [-0.2, 0) is 10.0 Å². The Bertz CT molecular complexity index is 948. The summed E-state index contributed by atoms with van der Waals surface area (Å²) < 4.78 is 34.9. The zero-order valence-corrected chi connectivity index (χ0v) is 15.4. The van der Waals surface area contributed by atoms with Gasteiger partial charge in [0.25, 0.3) is 0 Å². The second-order valence-corrected chi connectivity index (χ2v) is 7.91. The molecule has 0 bridgehead atoms. The van der Waals surface area contributed by atoms with E-state index in [1.54, 1.807) is 35.2 Å². The molecule has 1 unspecified atom stereocenters. The molecule has 0 fully saturated rings. The highest BCUT2D eigenvalue weighted by molar-refractivity contribution is 7.89. The number of hydrogen-bond donors (Lipinski definition) is 1. The van der Waals surface area contributed by atoms with Gasteiger partial charge in [-0.15, -0.1) is 0 Å². The van der Waals surface area contributed by atoms with E-state index in [2.05, 4.69) is 9.82 Å². The first-order valence-electron chi connectivity index (χ1n) is 7.68. The normalized spacial score (nSPS) is 13.1. The highest BCUT2D eigenvalue weighted by Crippen LogP contribution is 2.21. The second-order valence-electron chi connectivity index (χ2n) is 5.71. The third-order valence-corrected chi connectivity index (χ3v) is 5.49. The van der Waals surface area contributed by atoms with E-state index in [4.69, 9.17) is 16.0 Å². The summed E-state index contributed by atoms with van der Waals surface area (Å²) in [5.74, 6) is 0.630. The van der Waals surface area contributed by atoms with E-state index in [-0.39, 0.29) is 17.5 Å². The topological polar surface area (TPSA) is 77.1 Å². The molecule has 0 aliphatic rings. The Morgan fingerprint density at radius 1 is 1.24 bits per heavy atom. The standard InChI is InChI=1S/C17H18ClN3O3S/c1-12-10-13(2)21(20-12)16(17-4-3-9-24-17)11-19-25(22,23)15-7-5-14(18)6-8-15/h3-10,16,19H,11H2,1-2H3. The van der Waals surface area contributed by atoms with Gasteiger partial charge in [-0.25, -0.2) is 13.1 Å². The molecular formula is C17H18ClN3O3S. The van der Waals surface area contributed by atoms with Crippen LogP contribution in [0.4, 0.5) is 0 Å². The van der Waals surface area contributed by atoms with Gasteiger partial charge in [0.05, 0.1) is 16.9 Å². The lowest BCUT2D eigenvalue weighted by Crippen LogP contribution is -2.32. The predicted molar refractivity (Wildman–Crippen MR) is 95.2 cm³/mol. The molecular weight excluding hydrogens is 362 g/mol. The summed E-state index contributed by atoms with van der Waals surface area (Å²) in [5, 5.41) is 4.94. The number of aryl methyl sites for hydroxylation is 2. The van der Waals surface area contributed by atoms with Gasteiger partial charge in [0.1, 0.15) is 11.8 Å². The maximum absolute atomic E-state index is 12.5. The van der Waals surface area contributed by atoms with Gasteiger partial charge >= 0.3 is 0 Å². The molecule has 0 aliphatic carbocycles. The van der Waals surface area contributed by atoms with Crippen molar-refractivity contribution in [2.75, 3.05) is 6.54 Å². The molecule has 2 aromatic heterocycles. The van der Waals surface area contributed by atoms with Gasteiger partial charge in [-0.3, -0.25) is 4.68 Å². The predicted octanol–water partition coefficient (Wildman–Crippen LogP) is 3.31. The summed E-state index contributed by atoms with van der Waals surface area (Å²) in [7, 11) is -3.67. The van der Waals surface area contributed by atoms with Crippen LogP contribution in [0.2, 0.25) is 5.02 Å².